The topological polar surface area (TPSA) is 80.1 Å². The molecule has 0 bridgehead atoms. The molecule has 0 radical (unpaired) electrons. The predicted molar refractivity (Wildman–Crippen MR) is 87.0 cm³/mol. The molecular formula is C17H13F3N4O2. The lowest BCUT2D eigenvalue weighted by atomic mass is 10.1. The van der Waals surface area contributed by atoms with Gasteiger partial charge < -0.3 is 15.2 Å². The minimum atomic E-state index is -4.68. The highest BCUT2D eigenvalue weighted by Crippen LogP contribution is 2.29. The normalized spacial score (nSPS) is 11.2. The number of para-hydroxylation sites is 1. The van der Waals surface area contributed by atoms with Crippen LogP contribution in [0.2, 0.25) is 0 Å². The van der Waals surface area contributed by atoms with E-state index in [2.05, 4.69) is 25.3 Å². The van der Waals surface area contributed by atoms with Gasteiger partial charge in [0.25, 0.3) is 0 Å². The van der Waals surface area contributed by atoms with Crippen molar-refractivity contribution in [2.75, 3.05) is 5.32 Å². The molecule has 0 atom stereocenters. The molecule has 0 aliphatic heterocycles. The van der Waals surface area contributed by atoms with Crippen molar-refractivity contribution in [3.05, 3.63) is 66.1 Å². The molecule has 2 amide bonds. The number of urea groups is 1. The minimum Gasteiger partial charge on any atom is -0.334 e. The fourth-order valence-electron chi connectivity index (χ4n) is 2.11. The SMILES string of the molecule is O=C(NCc1ccc(-c2noc(C(F)(F)F)n2)cc1)Nc1ccccc1. The molecule has 9 heteroatoms. The van der Waals surface area contributed by atoms with E-state index in [1.54, 1.807) is 48.5 Å². The Labute approximate surface area is 146 Å². The van der Waals surface area contributed by atoms with Crippen molar-refractivity contribution in [3.63, 3.8) is 0 Å². The maximum atomic E-state index is 12.5. The van der Waals surface area contributed by atoms with Gasteiger partial charge in [0.2, 0.25) is 5.82 Å². The molecule has 1 heterocycles. The van der Waals surface area contributed by atoms with Crippen LogP contribution in [0.3, 0.4) is 0 Å². The minimum absolute atomic E-state index is 0.154. The zero-order chi connectivity index (χ0) is 18.6. The third-order valence-electron chi connectivity index (χ3n) is 3.37. The summed E-state index contributed by atoms with van der Waals surface area (Å²) in [6.07, 6.45) is -4.68. The van der Waals surface area contributed by atoms with Gasteiger partial charge in [-0.05, 0) is 17.7 Å². The molecule has 0 saturated carbocycles. The quantitative estimate of drug-likeness (QED) is 0.733. The Morgan fingerprint density at radius 3 is 2.35 bits per heavy atom. The number of nitrogens with zero attached hydrogens (tertiary/aromatic N) is 2. The first-order valence-electron chi connectivity index (χ1n) is 7.52. The molecule has 3 aromatic rings. The Hall–Kier alpha value is -3.36. The van der Waals surface area contributed by atoms with Crippen LogP contribution < -0.4 is 10.6 Å². The number of alkyl halides is 3. The number of amides is 2. The first-order valence-corrected chi connectivity index (χ1v) is 7.52. The van der Waals surface area contributed by atoms with E-state index in [0.717, 1.165) is 5.56 Å². The van der Waals surface area contributed by atoms with Crippen LogP contribution in [0.4, 0.5) is 23.7 Å². The van der Waals surface area contributed by atoms with Gasteiger partial charge in [-0.25, -0.2) is 4.79 Å². The van der Waals surface area contributed by atoms with Gasteiger partial charge in [-0.3, -0.25) is 0 Å². The number of carbonyl (C=O) groups is 1. The number of hydrogen-bond donors (Lipinski definition) is 2. The Morgan fingerprint density at radius 1 is 1.04 bits per heavy atom. The summed E-state index contributed by atoms with van der Waals surface area (Å²) in [5.41, 5.74) is 1.80. The van der Waals surface area contributed by atoms with Crippen LogP contribution >= 0.6 is 0 Å². The maximum Gasteiger partial charge on any atom is 0.471 e. The van der Waals surface area contributed by atoms with Gasteiger partial charge in [0, 0.05) is 17.8 Å². The molecule has 0 fully saturated rings. The van der Waals surface area contributed by atoms with Crippen molar-refractivity contribution in [2.24, 2.45) is 0 Å². The number of hydrogen-bond acceptors (Lipinski definition) is 4. The predicted octanol–water partition coefficient (Wildman–Crippen LogP) is 4.08. The summed E-state index contributed by atoms with van der Waals surface area (Å²) in [5, 5.41) is 8.68. The molecule has 6 nitrogen and oxygen atoms in total. The standard InChI is InChI=1S/C17H13F3N4O2/c18-17(19,20)15-23-14(24-26-15)12-8-6-11(7-9-12)10-21-16(25)22-13-4-2-1-3-5-13/h1-9H,10H2,(H2,21,22,25). The highest BCUT2D eigenvalue weighted by molar-refractivity contribution is 5.89. The Bertz CT molecular complexity index is 877. The van der Waals surface area contributed by atoms with Gasteiger partial charge in [0.05, 0.1) is 0 Å². The molecule has 1 aromatic heterocycles. The molecule has 2 N–H and O–H groups in total. The zero-order valence-corrected chi connectivity index (χ0v) is 13.2. The lowest BCUT2D eigenvalue weighted by Crippen LogP contribution is -2.28. The zero-order valence-electron chi connectivity index (χ0n) is 13.2. The first kappa shape index (κ1) is 17.5. The maximum absolute atomic E-state index is 12.5. The number of benzene rings is 2. The Balaban J connectivity index is 1.58. The van der Waals surface area contributed by atoms with Crippen LogP contribution in [0.5, 0.6) is 0 Å². The number of nitrogens with one attached hydrogen (secondary N) is 2. The summed E-state index contributed by atoms with van der Waals surface area (Å²) in [5.74, 6) is -1.55. The second-order valence-corrected chi connectivity index (χ2v) is 5.29. The summed E-state index contributed by atoms with van der Waals surface area (Å²) in [4.78, 5) is 15.1. The van der Waals surface area contributed by atoms with E-state index in [-0.39, 0.29) is 18.4 Å². The van der Waals surface area contributed by atoms with Gasteiger partial charge in [0.1, 0.15) is 0 Å². The van der Waals surface area contributed by atoms with Crippen molar-refractivity contribution in [2.45, 2.75) is 12.7 Å². The number of rotatable bonds is 4. The number of carbonyl (C=O) groups excluding carboxylic acids is 1. The summed E-state index contributed by atoms with van der Waals surface area (Å²) in [6.45, 7) is 0.249. The van der Waals surface area contributed by atoms with E-state index in [1.807, 2.05) is 6.07 Å². The second kappa shape index (κ2) is 7.26. The monoisotopic (exact) mass is 362 g/mol. The average molecular weight is 362 g/mol. The smallest absolute Gasteiger partial charge is 0.334 e. The van der Waals surface area contributed by atoms with Crippen LogP contribution in [0.15, 0.2) is 59.1 Å². The van der Waals surface area contributed by atoms with Crippen LogP contribution in [-0.4, -0.2) is 16.2 Å². The van der Waals surface area contributed by atoms with Crippen LogP contribution in [-0.2, 0) is 12.7 Å². The molecule has 134 valence electrons. The summed E-state index contributed by atoms with van der Waals surface area (Å²) in [7, 11) is 0. The number of anilines is 1. The summed E-state index contributed by atoms with van der Waals surface area (Å²) >= 11 is 0. The van der Waals surface area contributed by atoms with Gasteiger partial charge in [-0.15, -0.1) is 0 Å². The lowest BCUT2D eigenvalue weighted by molar-refractivity contribution is -0.159. The highest BCUT2D eigenvalue weighted by atomic mass is 19.4. The van der Waals surface area contributed by atoms with Gasteiger partial charge >= 0.3 is 18.1 Å². The van der Waals surface area contributed by atoms with E-state index in [0.29, 0.717) is 11.3 Å². The van der Waals surface area contributed by atoms with E-state index in [9.17, 15) is 18.0 Å². The van der Waals surface area contributed by atoms with Crippen LogP contribution in [0.25, 0.3) is 11.4 Å². The molecule has 2 aromatic carbocycles. The van der Waals surface area contributed by atoms with Crippen LogP contribution in [0.1, 0.15) is 11.5 Å². The largest absolute Gasteiger partial charge is 0.471 e. The molecular weight excluding hydrogens is 349 g/mol. The fraction of sp³-hybridized carbons (Fsp3) is 0.118. The molecule has 0 spiro atoms. The molecule has 0 aliphatic carbocycles. The van der Waals surface area contributed by atoms with E-state index < -0.39 is 12.1 Å². The third kappa shape index (κ3) is 4.38. The molecule has 0 unspecified atom stereocenters. The first-order chi connectivity index (χ1) is 12.4. The van der Waals surface area contributed by atoms with Crippen molar-refractivity contribution in [1.82, 2.24) is 15.5 Å². The van der Waals surface area contributed by atoms with E-state index in [4.69, 9.17) is 0 Å². The molecule has 3 rings (SSSR count). The Kier molecular flexibility index (Phi) is 4.87. The summed E-state index contributed by atoms with van der Waals surface area (Å²) in [6, 6.07) is 15.0. The van der Waals surface area contributed by atoms with Crippen molar-refractivity contribution < 1.29 is 22.5 Å². The van der Waals surface area contributed by atoms with Crippen LogP contribution in [0, 0.1) is 0 Å². The summed E-state index contributed by atoms with van der Waals surface area (Å²) < 4.78 is 41.6. The van der Waals surface area contributed by atoms with E-state index in [1.165, 1.54) is 0 Å². The van der Waals surface area contributed by atoms with E-state index >= 15 is 0 Å². The average Bonchev–Trinajstić information content (AvgIpc) is 3.12. The molecule has 26 heavy (non-hydrogen) atoms. The lowest BCUT2D eigenvalue weighted by Gasteiger charge is -2.07. The van der Waals surface area contributed by atoms with Crippen molar-refractivity contribution >= 4 is 11.7 Å². The number of aromatic nitrogens is 2. The van der Waals surface area contributed by atoms with Crippen molar-refractivity contribution in [3.8, 4) is 11.4 Å². The van der Waals surface area contributed by atoms with Gasteiger partial charge in [-0.2, -0.15) is 18.2 Å². The molecule has 0 saturated heterocycles. The second-order valence-electron chi connectivity index (χ2n) is 5.29. The van der Waals surface area contributed by atoms with Gasteiger partial charge in [0.15, 0.2) is 0 Å². The van der Waals surface area contributed by atoms with Crippen molar-refractivity contribution in [1.29, 1.82) is 0 Å². The highest BCUT2D eigenvalue weighted by Gasteiger charge is 2.38. The Morgan fingerprint density at radius 2 is 1.73 bits per heavy atom. The van der Waals surface area contributed by atoms with Gasteiger partial charge in [-0.1, -0.05) is 47.6 Å². The number of halogens is 3. The third-order valence-corrected chi connectivity index (χ3v) is 3.37. The fourth-order valence-corrected chi connectivity index (χ4v) is 2.11. The molecule has 0 aliphatic rings.